The third-order valence-corrected chi connectivity index (χ3v) is 4.35. The van der Waals surface area contributed by atoms with E-state index in [0.717, 1.165) is 16.4 Å². The van der Waals surface area contributed by atoms with Gasteiger partial charge in [-0.2, -0.15) is 0 Å². The van der Waals surface area contributed by atoms with E-state index in [2.05, 4.69) is 0 Å². The molecule has 3 rings (SSSR count). The van der Waals surface area contributed by atoms with Crippen molar-refractivity contribution in [3.05, 3.63) is 71.6 Å². The first-order valence-corrected chi connectivity index (χ1v) is 7.83. The molecule has 23 heavy (non-hydrogen) atoms. The Kier molecular flexibility index (Phi) is 4.30. The Balaban J connectivity index is 2.09. The fraction of sp³-hybridized carbons (Fsp3) is 0.0556. The zero-order chi connectivity index (χ0) is 16.2. The zero-order valence-electron chi connectivity index (χ0n) is 12.5. The van der Waals surface area contributed by atoms with Gasteiger partial charge >= 0.3 is 5.97 Å². The largest absolute Gasteiger partial charge is 0.508 e. The second-order valence-electron chi connectivity index (χ2n) is 4.82. The molecular formula is C18H15NO3S. The van der Waals surface area contributed by atoms with E-state index in [1.807, 2.05) is 47.4 Å². The summed E-state index contributed by atoms with van der Waals surface area (Å²) in [6.45, 7) is 0. The maximum atomic E-state index is 11.7. The zero-order valence-corrected chi connectivity index (χ0v) is 13.3. The van der Waals surface area contributed by atoms with Crippen LogP contribution in [-0.2, 0) is 4.74 Å². The lowest BCUT2D eigenvalue weighted by Crippen LogP contribution is -2.07. The van der Waals surface area contributed by atoms with Gasteiger partial charge in [-0.25, -0.2) is 4.79 Å². The smallest absolute Gasteiger partial charge is 0.348 e. The summed E-state index contributed by atoms with van der Waals surface area (Å²) in [5.74, 6) is -0.168. The number of hydrogen-bond acceptors (Lipinski definition) is 5. The molecule has 1 heterocycles. The number of esters is 1. The van der Waals surface area contributed by atoms with Crippen LogP contribution in [0.4, 0.5) is 16.4 Å². The van der Waals surface area contributed by atoms with Crippen molar-refractivity contribution in [3.8, 4) is 5.75 Å². The second kappa shape index (κ2) is 6.54. The lowest BCUT2D eigenvalue weighted by atomic mass is 10.2. The molecule has 0 fully saturated rings. The molecule has 1 N–H and O–H groups in total. The van der Waals surface area contributed by atoms with Gasteiger partial charge in [-0.1, -0.05) is 24.3 Å². The highest BCUT2D eigenvalue weighted by molar-refractivity contribution is 7.18. The maximum Gasteiger partial charge on any atom is 0.348 e. The number of phenolic OH excluding ortho intramolecular Hbond substituents is 1. The van der Waals surface area contributed by atoms with Crippen molar-refractivity contribution in [2.24, 2.45) is 0 Å². The minimum atomic E-state index is -0.356. The number of hydrogen-bond donors (Lipinski definition) is 1. The number of carbonyl (C=O) groups excluding carboxylic acids is 1. The summed E-state index contributed by atoms with van der Waals surface area (Å²) in [7, 11) is 1.37. The topological polar surface area (TPSA) is 49.8 Å². The van der Waals surface area contributed by atoms with Gasteiger partial charge in [0.25, 0.3) is 0 Å². The number of ether oxygens (including phenoxy) is 1. The molecule has 0 atom stereocenters. The molecule has 0 aliphatic carbocycles. The molecule has 4 nitrogen and oxygen atoms in total. The molecule has 0 spiro atoms. The van der Waals surface area contributed by atoms with Gasteiger partial charge in [0, 0.05) is 11.8 Å². The van der Waals surface area contributed by atoms with E-state index in [1.54, 1.807) is 24.3 Å². The van der Waals surface area contributed by atoms with Crippen molar-refractivity contribution >= 4 is 33.7 Å². The Morgan fingerprint density at radius 3 is 2.43 bits per heavy atom. The highest BCUT2D eigenvalue weighted by Gasteiger charge is 2.17. The van der Waals surface area contributed by atoms with Crippen LogP contribution in [0.1, 0.15) is 9.67 Å². The maximum absolute atomic E-state index is 11.7. The minimum Gasteiger partial charge on any atom is -0.508 e. The average Bonchev–Trinajstić information content (AvgIpc) is 3.05. The summed E-state index contributed by atoms with van der Waals surface area (Å²) in [6, 6.07) is 20.4. The summed E-state index contributed by atoms with van der Waals surface area (Å²) < 4.78 is 4.77. The van der Waals surface area contributed by atoms with Crippen molar-refractivity contribution < 1.29 is 14.6 Å². The molecule has 0 saturated carbocycles. The monoisotopic (exact) mass is 325 g/mol. The lowest BCUT2D eigenvalue weighted by Gasteiger charge is -2.23. The summed E-state index contributed by atoms with van der Waals surface area (Å²) in [5.41, 5.74) is 1.76. The molecule has 0 aliphatic rings. The van der Waals surface area contributed by atoms with Gasteiger partial charge in [0.05, 0.1) is 12.8 Å². The highest BCUT2D eigenvalue weighted by Crippen LogP contribution is 2.39. The van der Waals surface area contributed by atoms with Crippen LogP contribution >= 0.6 is 11.3 Å². The molecule has 0 aliphatic heterocycles. The van der Waals surface area contributed by atoms with Crippen LogP contribution in [0.2, 0.25) is 0 Å². The standard InChI is InChI=1S/C18H15NO3S/c1-22-18(21)16-10-11-17(23-16)19(13-6-3-2-4-7-13)14-8-5-9-15(20)12-14/h2-12,20H,1H3. The molecule has 0 amide bonds. The van der Waals surface area contributed by atoms with E-state index in [-0.39, 0.29) is 11.7 Å². The molecule has 5 heteroatoms. The fourth-order valence-corrected chi connectivity index (χ4v) is 3.24. The van der Waals surface area contributed by atoms with E-state index in [0.29, 0.717) is 4.88 Å². The Hall–Kier alpha value is -2.79. The van der Waals surface area contributed by atoms with Crippen molar-refractivity contribution in [2.75, 3.05) is 12.0 Å². The first-order chi connectivity index (χ1) is 11.2. The number of carbonyl (C=O) groups is 1. The molecule has 0 saturated heterocycles. The van der Waals surface area contributed by atoms with Crippen LogP contribution in [-0.4, -0.2) is 18.2 Å². The van der Waals surface area contributed by atoms with Gasteiger partial charge in [0.15, 0.2) is 0 Å². The van der Waals surface area contributed by atoms with Crippen molar-refractivity contribution in [1.29, 1.82) is 0 Å². The first-order valence-electron chi connectivity index (χ1n) is 7.01. The molecule has 0 unspecified atom stereocenters. The van der Waals surface area contributed by atoms with Crippen molar-refractivity contribution in [2.45, 2.75) is 0 Å². The van der Waals surface area contributed by atoms with Gasteiger partial charge in [-0.05, 0) is 36.4 Å². The van der Waals surface area contributed by atoms with E-state index < -0.39 is 0 Å². The quantitative estimate of drug-likeness (QED) is 0.706. The number of rotatable bonds is 4. The van der Waals surface area contributed by atoms with E-state index in [9.17, 15) is 9.90 Å². The van der Waals surface area contributed by atoms with Gasteiger partial charge in [0.2, 0.25) is 0 Å². The summed E-state index contributed by atoms with van der Waals surface area (Å²) in [4.78, 5) is 14.2. The highest BCUT2D eigenvalue weighted by atomic mass is 32.1. The van der Waals surface area contributed by atoms with Gasteiger partial charge < -0.3 is 14.7 Å². The molecular weight excluding hydrogens is 310 g/mol. The number of aromatic hydroxyl groups is 1. The Morgan fingerprint density at radius 1 is 1.00 bits per heavy atom. The van der Waals surface area contributed by atoms with Crippen LogP contribution < -0.4 is 4.90 Å². The number of anilines is 3. The van der Waals surface area contributed by atoms with Gasteiger partial charge in [0.1, 0.15) is 15.6 Å². The number of para-hydroxylation sites is 1. The fourth-order valence-electron chi connectivity index (χ4n) is 2.27. The number of thiophene rings is 1. The Labute approximate surface area is 138 Å². The van der Waals surface area contributed by atoms with E-state index >= 15 is 0 Å². The van der Waals surface area contributed by atoms with Crippen LogP contribution in [0.3, 0.4) is 0 Å². The summed E-state index contributed by atoms with van der Waals surface area (Å²) >= 11 is 1.34. The molecule has 3 aromatic rings. The first kappa shape index (κ1) is 15.1. The molecule has 2 aromatic carbocycles. The third-order valence-electron chi connectivity index (χ3n) is 3.30. The number of nitrogens with zero attached hydrogens (tertiary/aromatic N) is 1. The lowest BCUT2D eigenvalue weighted by molar-refractivity contribution is 0.0606. The number of phenols is 1. The summed E-state index contributed by atoms with van der Waals surface area (Å²) in [5, 5.41) is 10.7. The number of methoxy groups -OCH3 is 1. The van der Waals surface area contributed by atoms with Gasteiger partial charge in [-0.3, -0.25) is 0 Å². The van der Waals surface area contributed by atoms with Crippen LogP contribution in [0.25, 0.3) is 0 Å². The minimum absolute atomic E-state index is 0.188. The predicted octanol–water partition coefficient (Wildman–Crippen LogP) is 4.71. The molecule has 0 radical (unpaired) electrons. The molecule has 116 valence electrons. The Bertz CT molecular complexity index is 814. The average molecular weight is 325 g/mol. The SMILES string of the molecule is COC(=O)c1ccc(N(c2ccccc2)c2cccc(O)c2)s1. The van der Waals surface area contributed by atoms with Crippen LogP contribution in [0.15, 0.2) is 66.7 Å². The van der Waals surface area contributed by atoms with Gasteiger partial charge in [-0.15, -0.1) is 11.3 Å². The Morgan fingerprint density at radius 2 is 1.74 bits per heavy atom. The summed E-state index contributed by atoms with van der Waals surface area (Å²) in [6.07, 6.45) is 0. The normalized spacial score (nSPS) is 10.3. The van der Waals surface area contributed by atoms with E-state index in [1.165, 1.54) is 18.4 Å². The number of benzene rings is 2. The molecule has 0 bridgehead atoms. The second-order valence-corrected chi connectivity index (χ2v) is 5.88. The predicted molar refractivity (Wildman–Crippen MR) is 92.0 cm³/mol. The molecule has 1 aromatic heterocycles. The third kappa shape index (κ3) is 3.19. The van der Waals surface area contributed by atoms with Crippen molar-refractivity contribution in [1.82, 2.24) is 0 Å². The van der Waals surface area contributed by atoms with E-state index in [4.69, 9.17) is 4.74 Å². The van der Waals surface area contributed by atoms with Crippen LogP contribution in [0, 0.1) is 0 Å². The van der Waals surface area contributed by atoms with Crippen molar-refractivity contribution in [3.63, 3.8) is 0 Å². The van der Waals surface area contributed by atoms with Crippen LogP contribution in [0.5, 0.6) is 5.75 Å².